The van der Waals surface area contributed by atoms with Crippen molar-refractivity contribution in [3.05, 3.63) is 34.7 Å². The molecular formula is C13H16N2O3. The molecule has 3 rings (SSSR count). The number of aliphatic hydroxyl groups excluding tert-OH is 1. The molecule has 0 bridgehead atoms. The number of H-pyrrole nitrogens is 1. The molecule has 0 spiro atoms. The van der Waals surface area contributed by atoms with Gasteiger partial charge >= 0.3 is 5.69 Å². The lowest BCUT2D eigenvalue weighted by atomic mass is 10.1. The van der Waals surface area contributed by atoms with Crippen LogP contribution in [0.4, 0.5) is 0 Å². The number of hydrogen-bond donors (Lipinski definition) is 2. The number of nitrogens with zero attached hydrogens (tertiary/aromatic N) is 1. The predicted octanol–water partition coefficient (Wildman–Crippen LogP) is 1.39. The van der Waals surface area contributed by atoms with Crippen LogP contribution in [0.1, 0.15) is 26.0 Å². The van der Waals surface area contributed by atoms with Crippen LogP contribution in [0.15, 0.2) is 29.1 Å². The molecule has 1 aliphatic heterocycles. The molecule has 0 amide bonds. The lowest BCUT2D eigenvalue weighted by Gasteiger charge is -2.13. The number of ether oxygens (including phenoxy) is 1. The second kappa shape index (κ2) is 4.26. The standard InChI is InChI=1S/C13H16N2O3/c1-2-11-10(16)7-12(18-11)15-9-6-4-3-5-8(9)14-13(15)17/h3-6,10-12,16H,2,7H2,1H3,(H,14,17)/t10?,11-,12-/m1/s1. The average molecular weight is 248 g/mol. The number of aromatic amines is 1. The van der Waals surface area contributed by atoms with Gasteiger partial charge in [-0.2, -0.15) is 0 Å². The Morgan fingerprint density at radius 2 is 2.28 bits per heavy atom. The minimum Gasteiger partial charge on any atom is -0.390 e. The molecule has 2 aromatic rings. The number of rotatable bonds is 2. The molecule has 2 heterocycles. The van der Waals surface area contributed by atoms with Crippen LogP contribution in [0.2, 0.25) is 0 Å². The van der Waals surface area contributed by atoms with Crippen LogP contribution in [-0.4, -0.2) is 26.9 Å². The smallest absolute Gasteiger partial charge is 0.328 e. The fourth-order valence-corrected chi connectivity index (χ4v) is 2.60. The Morgan fingerprint density at radius 1 is 1.50 bits per heavy atom. The Hall–Kier alpha value is -1.59. The molecule has 1 aliphatic rings. The first-order chi connectivity index (χ1) is 8.70. The topological polar surface area (TPSA) is 67.2 Å². The predicted molar refractivity (Wildman–Crippen MR) is 67.4 cm³/mol. The highest BCUT2D eigenvalue weighted by molar-refractivity contribution is 5.75. The number of benzene rings is 1. The Morgan fingerprint density at radius 3 is 3.00 bits per heavy atom. The Kier molecular flexibility index (Phi) is 2.72. The summed E-state index contributed by atoms with van der Waals surface area (Å²) in [4.78, 5) is 14.8. The van der Waals surface area contributed by atoms with Crippen LogP contribution in [0, 0.1) is 0 Å². The molecule has 0 radical (unpaired) electrons. The summed E-state index contributed by atoms with van der Waals surface area (Å²) in [5, 5.41) is 9.87. The molecule has 5 nitrogen and oxygen atoms in total. The number of aromatic nitrogens is 2. The van der Waals surface area contributed by atoms with E-state index in [2.05, 4.69) is 4.98 Å². The first kappa shape index (κ1) is 11.5. The third-order valence-corrected chi connectivity index (χ3v) is 3.52. The van der Waals surface area contributed by atoms with Gasteiger partial charge in [-0.25, -0.2) is 4.79 Å². The van der Waals surface area contributed by atoms with Crippen LogP contribution in [0.5, 0.6) is 0 Å². The zero-order valence-electron chi connectivity index (χ0n) is 10.2. The van der Waals surface area contributed by atoms with Crippen LogP contribution >= 0.6 is 0 Å². The average Bonchev–Trinajstić information content (AvgIpc) is 2.88. The summed E-state index contributed by atoms with van der Waals surface area (Å²) in [6.07, 6.45) is 0.138. The van der Waals surface area contributed by atoms with E-state index in [1.54, 1.807) is 4.57 Å². The van der Waals surface area contributed by atoms with Gasteiger partial charge in [-0.1, -0.05) is 19.1 Å². The third-order valence-electron chi connectivity index (χ3n) is 3.52. The first-order valence-corrected chi connectivity index (χ1v) is 6.23. The van der Waals surface area contributed by atoms with E-state index in [0.29, 0.717) is 6.42 Å². The van der Waals surface area contributed by atoms with E-state index in [-0.39, 0.29) is 18.0 Å². The molecular weight excluding hydrogens is 232 g/mol. The summed E-state index contributed by atoms with van der Waals surface area (Å²) in [6, 6.07) is 7.49. The van der Waals surface area contributed by atoms with Crippen molar-refractivity contribution in [2.75, 3.05) is 0 Å². The van der Waals surface area contributed by atoms with Gasteiger partial charge in [-0.3, -0.25) is 4.57 Å². The highest BCUT2D eigenvalue weighted by atomic mass is 16.5. The summed E-state index contributed by atoms with van der Waals surface area (Å²) in [6.45, 7) is 1.97. The van der Waals surface area contributed by atoms with Gasteiger partial charge in [-0.15, -0.1) is 0 Å². The van der Waals surface area contributed by atoms with E-state index in [1.807, 2.05) is 31.2 Å². The number of fused-ring (bicyclic) bond motifs is 1. The number of para-hydroxylation sites is 2. The molecule has 1 aromatic heterocycles. The number of imidazole rings is 1. The van der Waals surface area contributed by atoms with E-state index >= 15 is 0 Å². The minimum atomic E-state index is -0.499. The highest BCUT2D eigenvalue weighted by Crippen LogP contribution is 2.31. The van der Waals surface area contributed by atoms with Crippen LogP contribution < -0.4 is 5.69 Å². The van der Waals surface area contributed by atoms with Crippen LogP contribution in [0.25, 0.3) is 11.0 Å². The van der Waals surface area contributed by atoms with E-state index in [4.69, 9.17) is 4.74 Å². The zero-order chi connectivity index (χ0) is 12.7. The minimum absolute atomic E-state index is 0.185. The van der Waals surface area contributed by atoms with Crippen molar-refractivity contribution in [2.24, 2.45) is 0 Å². The SMILES string of the molecule is CC[C@H]1O[C@@H](n2c(=O)[nH]c3ccccc32)CC1O. The molecule has 1 aromatic carbocycles. The van der Waals surface area contributed by atoms with Crippen LogP contribution in [0.3, 0.4) is 0 Å². The fraction of sp³-hybridized carbons (Fsp3) is 0.462. The van der Waals surface area contributed by atoms with E-state index in [9.17, 15) is 9.90 Å². The molecule has 0 aliphatic carbocycles. The van der Waals surface area contributed by atoms with Gasteiger partial charge in [0, 0.05) is 6.42 Å². The lowest BCUT2D eigenvalue weighted by Crippen LogP contribution is -2.22. The monoisotopic (exact) mass is 248 g/mol. The summed E-state index contributed by atoms with van der Waals surface area (Å²) in [5.41, 5.74) is 1.42. The van der Waals surface area contributed by atoms with Crippen molar-refractivity contribution >= 4 is 11.0 Å². The van der Waals surface area contributed by atoms with Gasteiger partial charge < -0.3 is 14.8 Å². The summed E-state index contributed by atoms with van der Waals surface area (Å²) < 4.78 is 7.34. The maximum Gasteiger partial charge on any atom is 0.328 e. The van der Waals surface area contributed by atoms with Gasteiger partial charge in [-0.05, 0) is 18.6 Å². The Bertz CT molecular complexity index is 616. The molecule has 1 saturated heterocycles. The zero-order valence-corrected chi connectivity index (χ0v) is 10.2. The second-order valence-electron chi connectivity index (χ2n) is 4.66. The van der Waals surface area contributed by atoms with Crippen molar-refractivity contribution in [2.45, 2.75) is 38.2 Å². The molecule has 1 unspecified atom stereocenters. The fourth-order valence-electron chi connectivity index (χ4n) is 2.60. The highest BCUT2D eigenvalue weighted by Gasteiger charge is 2.35. The quantitative estimate of drug-likeness (QED) is 0.844. The van der Waals surface area contributed by atoms with E-state index in [0.717, 1.165) is 17.5 Å². The van der Waals surface area contributed by atoms with Gasteiger partial charge in [0.05, 0.1) is 23.2 Å². The van der Waals surface area contributed by atoms with Gasteiger partial charge in [0.2, 0.25) is 0 Å². The normalized spacial score (nSPS) is 28.0. The van der Waals surface area contributed by atoms with Crippen molar-refractivity contribution in [3.8, 4) is 0 Å². The molecule has 1 fully saturated rings. The van der Waals surface area contributed by atoms with E-state index in [1.165, 1.54) is 0 Å². The molecule has 0 saturated carbocycles. The third kappa shape index (κ3) is 1.67. The van der Waals surface area contributed by atoms with Gasteiger partial charge in [0.15, 0.2) is 0 Å². The van der Waals surface area contributed by atoms with Crippen LogP contribution in [-0.2, 0) is 4.74 Å². The summed E-state index contributed by atoms with van der Waals surface area (Å²) >= 11 is 0. The number of aliphatic hydroxyl groups is 1. The molecule has 18 heavy (non-hydrogen) atoms. The van der Waals surface area contributed by atoms with Gasteiger partial charge in [0.25, 0.3) is 0 Å². The number of hydrogen-bond acceptors (Lipinski definition) is 3. The van der Waals surface area contributed by atoms with Crippen molar-refractivity contribution in [1.82, 2.24) is 9.55 Å². The maximum atomic E-state index is 12.0. The van der Waals surface area contributed by atoms with Crippen molar-refractivity contribution < 1.29 is 9.84 Å². The largest absolute Gasteiger partial charge is 0.390 e. The molecule has 2 N–H and O–H groups in total. The number of nitrogens with one attached hydrogen (secondary N) is 1. The lowest BCUT2D eigenvalue weighted by molar-refractivity contribution is -0.0193. The summed E-state index contributed by atoms with van der Waals surface area (Å²) in [7, 11) is 0. The first-order valence-electron chi connectivity index (χ1n) is 6.23. The Labute approximate surface area is 104 Å². The second-order valence-corrected chi connectivity index (χ2v) is 4.66. The maximum absolute atomic E-state index is 12.0. The molecule has 96 valence electrons. The molecule has 3 atom stereocenters. The van der Waals surface area contributed by atoms with E-state index < -0.39 is 6.10 Å². The van der Waals surface area contributed by atoms with Crippen molar-refractivity contribution in [3.63, 3.8) is 0 Å². The van der Waals surface area contributed by atoms with Crippen molar-refractivity contribution in [1.29, 1.82) is 0 Å². The Balaban J connectivity index is 2.05. The van der Waals surface area contributed by atoms with Gasteiger partial charge in [0.1, 0.15) is 6.23 Å². The summed E-state index contributed by atoms with van der Waals surface area (Å²) in [5.74, 6) is 0. The molecule has 5 heteroatoms.